The van der Waals surface area contributed by atoms with Crippen LogP contribution in [0.3, 0.4) is 0 Å². The largest absolute Gasteiger partial charge is 0.312 e. The summed E-state index contributed by atoms with van der Waals surface area (Å²) in [5.41, 5.74) is 9.76. The van der Waals surface area contributed by atoms with Crippen LogP contribution in [0.2, 0.25) is 0 Å². The summed E-state index contributed by atoms with van der Waals surface area (Å²) < 4.78 is 0. The SMILES string of the molecule is CN1CCC(N)(NN2CCCCC2)CC1. The van der Waals surface area contributed by atoms with Gasteiger partial charge < -0.3 is 10.6 Å². The van der Waals surface area contributed by atoms with E-state index in [0.717, 1.165) is 39.0 Å². The molecule has 4 heteroatoms. The smallest absolute Gasteiger partial charge is 0.0818 e. The highest BCUT2D eigenvalue weighted by molar-refractivity contribution is 4.86. The molecule has 0 aromatic carbocycles. The number of hydrogen-bond donors (Lipinski definition) is 2. The molecule has 2 aliphatic heterocycles. The molecule has 0 saturated carbocycles. The van der Waals surface area contributed by atoms with E-state index in [0.29, 0.717) is 0 Å². The standard InChI is InChI=1S/C11H24N4/c1-14-9-5-11(12,6-10-14)13-15-7-3-2-4-8-15/h13H,2-10,12H2,1H3. The minimum absolute atomic E-state index is 0.149. The van der Waals surface area contributed by atoms with Crippen molar-refractivity contribution < 1.29 is 0 Å². The third-order valence-electron chi connectivity index (χ3n) is 3.62. The molecule has 15 heavy (non-hydrogen) atoms. The van der Waals surface area contributed by atoms with E-state index in [4.69, 9.17) is 5.73 Å². The van der Waals surface area contributed by atoms with Crippen LogP contribution in [0, 0.1) is 0 Å². The van der Waals surface area contributed by atoms with Crippen molar-refractivity contribution in [2.24, 2.45) is 5.73 Å². The van der Waals surface area contributed by atoms with Gasteiger partial charge in [-0.15, -0.1) is 0 Å². The highest BCUT2D eigenvalue weighted by atomic mass is 15.6. The van der Waals surface area contributed by atoms with E-state index in [1.807, 2.05) is 0 Å². The number of nitrogens with two attached hydrogens (primary N) is 1. The zero-order chi connectivity index (χ0) is 10.7. The zero-order valence-electron chi connectivity index (χ0n) is 9.84. The number of nitrogens with zero attached hydrogens (tertiary/aromatic N) is 2. The molecule has 2 heterocycles. The third-order valence-corrected chi connectivity index (χ3v) is 3.62. The monoisotopic (exact) mass is 212 g/mol. The van der Waals surface area contributed by atoms with Crippen LogP contribution in [0.15, 0.2) is 0 Å². The Kier molecular flexibility index (Phi) is 3.61. The van der Waals surface area contributed by atoms with Crippen molar-refractivity contribution in [1.29, 1.82) is 0 Å². The van der Waals surface area contributed by atoms with Crippen molar-refractivity contribution in [3.05, 3.63) is 0 Å². The van der Waals surface area contributed by atoms with E-state index in [9.17, 15) is 0 Å². The van der Waals surface area contributed by atoms with Gasteiger partial charge in [0.25, 0.3) is 0 Å². The Morgan fingerprint density at radius 2 is 1.60 bits per heavy atom. The quantitative estimate of drug-likeness (QED) is 0.649. The number of nitrogens with one attached hydrogen (secondary N) is 1. The molecule has 2 fully saturated rings. The number of likely N-dealkylation sites (tertiary alicyclic amines) is 1. The Labute approximate surface area is 92.8 Å². The minimum Gasteiger partial charge on any atom is -0.312 e. The van der Waals surface area contributed by atoms with Gasteiger partial charge >= 0.3 is 0 Å². The molecule has 0 aromatic heterocycles. The van der Waals surface area contributed by atoms with Gasteiger partial charge in [-0.3, -0.25) is 0 Å². The maximum Gasteiger partial charge on any atom is 0.0818 e. The highest BCUT2D eigenvalue weighted by Gasteiger charge is 2.31. The Balaban J connectivity index is 1.81. The molecule has 88 valence electrons. The molecule has 3 N–H and O–H groups in total. The second kappa shape index (κ2) is 4.78. The van der Waals surface area contributed by atoms with Crippen LogP contribution < -0.4 is 11.2 Å². The first-order valence-electron chi connectivity index (χ1n) is 6.18. The summed E-state index contributed by atoms with van der Waals surface area (Å²) in [4.78, 5) is 2.35. The van der Waals surface area contributed by atoms with E-state index in [2.05, 4.69) is 22.4 Å². The molecule has 0 aromatic rings. The average Bonchev–Trinajstić information content (AvgIpc) is 2.24. The summed E-state index contributed by atoms with van der Waals surface area (Å²) in [6.07, 6.45) is 6.10. The topological polar surface area (TPSA) is 44.5 Å². The predicted molar refractivity (Wildman–Crippen MR) is 62.2 cm³/mol. The lowest BCUT2D eigenvalue weighted by atomic mass is 9.99. The van der Waals surface area contributed by atoms with Gasteiger partial charge in [0.05, 0.1) is 5.66 Å². The molecule has 0 amide bonds. The first-order valence-corrected chi connectivity index (χ1v) is 6.18. The maximum atomic E-state index is 6.37. The summed E-state index contributed by atoms with van der Waals surface area (Å²) in [5.74, 6) is 0. The number of piperidine rings is 2. The van der Waals surface area contributed by atoms with E-state index >= 15 is 0 Å². The van der Waals surface area contributed by atoms with Crippen LogP contribution in [-0.2, 0) is 0 Å². The van der Waals surface area contributed by atoms with Gasteiger partial charge in [-0.25, -0.2) is 10.4 Å². The van der Waals surface area contributed by atoms with Crippen LogP contribution in [-0.4, -0.2) is 48.8 Å². The minimum atomic E-state index is -0.149. The van der Waals surface area contributed by atoms with E-state index < -0.39 is 0 Å². The molecule has 4 nitrogen and oxygen atoms in total. The zero-order valence-corrected chi connectivity index (χ0v) is 9.84. The van der Waals surface area contributed by atoms with Gasteiger partial charge in [0.2, 0.25) is 0 Å². The molecule has 2 rings (SSSR count). The van der Waals surface area contributed by atoms with Gasteiger partial charge in [-0.1, -0.05) is 6.42 Å². The van der Waals surface area contributed by atoms with E-state index in [1.54, 1.807) is 0 Å². The van der Waals surface area contributed by atoms with Crippen LogP contribution in [0.25, 0.3) is 0 Å². The molecular formula is C11H24N4. The van der Waals surface area contributed by atoms with Crippen LogP contribution in [0.4, 0.5) is 0 Å². The van der Waals surface area contributed by atoms with Crippen molar-refractivity contribution in [1.82, 2.24) is 15.3 Å². The van der Waals surface area contributed by atoms with Crippen molar-refractivity contribution in [3.63, 3.8) is 0 Å². The van der Waals surface area contributed by atoms with Gasteiger partial charge in [-0.2, -0.15) is 0 Å². The van der Waals surface area contributed by atoms with Crippen LogP contribution in [0.5, 0.6) is 0 Å². The predicted octanol–water partition coefficient (Wildman–Crippen LogP) is 0.358. The van der Waals surface area contributed by atoms with Crippen LogP contribution in [0.1, 0.15) is 32.1 Å². The van der Waals surface area contributed by atoms with Gasteiger partial charge in [-0.05, 0) is 32.7 Å². The molecule has 0 radical (unpaired) electrons. The Bertz CT molecular complexity index is 193. The molecular weight excluding hydrogens is 188 g/mol. The van der Waals surface area contributed by atoms with Gasteiger partial charge in [0, 0.05) is 26.2 Å². The summed E-state index contributed by atoms with van der Waals surface area (Å²) in [5, 5.41) is 2.33. The second-order valence-electron chi connectivity index (χ2n) is 5.12. The van der Waals surface area contributed by atoms with Gasteiger partial charge in [0.1, 0.15) is 0 Å². The lowest BCUT2D eigenvalue weighted by Crippen LogP contribution is -2.64. The van der Waals surface area contributed by atoms with Crippen molar-refractivity contribution in [2.45, 2.75) is 37.8 Å². The summed E-state index contributed by atoms with van der Waals surface area (Å²) in [6, 6.07) is 0. The molecule has 0 unspecified atom stereocenters. The fourth-order valence-corrected chi connectivity index (χ4v) is 2.45. The normalized spacial score (nSPS) is 29.2. The van der Waals surface area contributed by atoms with Gasteiger partial charge in [0.15, 0.2) is 0 Å². The van der Waals surface area contributed by atoms with Crippen molar-refractivity contribution in [3.8, 4) is 0 Å². The van der Waals surface area contributed by atoms with Crippen molar-refractivity contribution >= 4 is 0 Å². The number of hydrazine groups is 1. The fraction of sp³-hybridized carbons (Fsp3) is 1.00. The fourth-order valence-electron chi connectivity index (χ4n) is 2.45. The summed E-state index contributed by atoms with van der Waals surface area (Å²) in [7, 11) is 2.17. The lowest BCUT2D eigenvalue weighted by molar-refractivity contribution is 0.0446. The average molecular weight is 212 g/mol. The Hall–Kier alpha value is -0.160. The molecule has 2 aliphatic rings. The molecule has 0 bridgehead atoms. The highest BCUT2D eigenvalue weighted by Crippen LogP contribution is 2.17. The Morgan fingerprint density at radius 3 is 2.20 bits per heavy atom. The van der Waals surface area contributed by atoms with E-state index in [1.165, 1.54) is 19.3 Å². The summed E-state index contributed by atoms with van der Waals surface area (Å²) >= 11 is 0. The first kappa shape index (κ1) is 11.3. The van der Waals surface area contributed by atoms with E-state index in [-0.39, 0.29) is 5.66 Å². The van der Waals surface area contributed by atoms with Crippen LogP contribution >= 0.6 is 0 Å². The Morgan fingerprint density at radius 1 is 1.00 bits per heavy atom. The van der Waals surface area contributed by atoms with Crippen molar-refractivity contribution in [2.75, 3.05) is 33.2 Å². The molecule has 0 atom stereocenters. The third kappa shape index (κ3) is 3.14. The number of hydrogen-bond acceptors (Lipinski definition) is 4. The molecule has 0 spiro atoms. The second-order valence-corrected chi connectivity index (χ2v) is 5.12. The molecule has 2 saturated heterocycles. The summed E-state index contributed by atoms with van der Waals surface area (Å²) in [6.45, 7) is 4.54. The lowest BCUT2D eigenvalue weighted by Gasteiger charge is -2.42. The maximum absolute atomic E-state index is 6.37. The molecule has 0 aliphatic carbocycles. The number of rotatable bonds is 2. The first-order chi connectivity index (χ1) is 7.18.